The summed E-state index contributed by atoms with van der Waals surface area (Å²) in [6.07, 6.45) is 8.18. The van der Waals surface area contributed by atoms with Gasteiger partial charge in [0.05, 0.1) is 12.0 Å². The Morgan fingerprint density at radius 1 is 1.21 bits per heavy atom. The van der Waals surface area contributed by atoms with E-state index in [2.05, 4.69) is 24.0 Å². The van der Waals surface area contributed by atoms with Crippen molar-refractivity contribution in [3.05, 3.63) is 53.8 Å². The summed E-state index contributed by atoms with van der Waals surface area (Å²) in [5, 5.41) is 0. The van der Waals surface area contributed by atoms with Crippen LogP contribution < -0.4 is 4.74 Å². The lowest BCUT2D eigenvalue weighted by Gasteiger charge is -2.09. The van der Waals surface area contributed by atoms with E-state index in [4.69, 9.17) is 9.47 Å². The Morgan fingerprint density at radius 3 is 2.38 bits per heavy atom. The monoisotopic (exact) mass is 326 g/mol. The first-order valence-electron chi connectivity index (χ1n) is 8.87. The smallest absolute Gasteiger partial charge is 0.119 e. The molecule has 1 aliphatic carbocycles. The van der Waals surface area contributed by atoms with E-state index in [-0.39, 0.29) is 5.41 Å². The normalized spacial score (nSPS) is 15.0. The van der Waals surface area contributed by atoms with Crippen LogP contribution in [0.5, 0.6) is 5.75 Å². The van der Waals surface area contributed by atoms with Gasteiger partial charge in [-0.05, 0) is 69.5 Å². The lowest BCUT2D eigenvalue weighted by atomic mass is 9.97. The maximum Gasteiger partial charge on any atom is 0.119 e. The molecule has 2 nitrogen and oxygen atoms in total. The summed E-state index contributed by atoms with van der Waals surface area (Å²) in [6, 6.07) is 8.32. The summed E-state index contributed by atoms with van der Waals surface area (Å²) in [4.78, 5) is 0. The number of rotatable bonds is 7. The zero-order chi connectivity index (χ0) is 17.8. The third-order valence-electron chi connectivity index (χ3n) is 3.75. The van der Waals surface area contributed by atoms with Crippen LogP contribution in [0.2, 0.25) is 0 Å². The van der Waals surface area contributed by atoms with Crippen molar-refractivity contribution < 1.29 is 9.47 Å². The second-order valence-corrected chi connectivity index (χ2v) is 5.32. The van der Waals surface area contributed by atoms with Gasteiger partial charge in [-0.1, -0.05) is 31.9 Å². The van der Waals surface area contributed by atoms with Crippen LogP contribution in [0.4, 0.5) is 0 Å². The molecule has 1 saturated carbocycles. The molecule has 0 aromatic heterocycles. The molecule has 0 unspecified atom stereocenters. The SMILES string of the molecule is CC.CC#CC1(c2ccc(OC/C=C\C(=C/C)OCC)cc2)CC1. The van der Waals surface area contributed by atoms with Crippen molar-refractivity contribution >= 4 is 0 Å². The predicted molar refractivity (Wildman–Crippen MR) is 102 cm³/mol. The topological polar surface area (TPSA) is 18.5 Å². The highest BCUT2D eigenvalue weighted by Crippen LogP contribution is 2.47. The molecular formula is C22H30O2. The number of hydrogen-bond acceptors (Lipinski definition) is 2. The van der Waals surface area contributed by atoms with E-state index < -0.39 is 0 Å². The van der Waals surface area contributed by atoms with E-state index in [0.717, 1.165) is 11.5 Å². The predicted octanol–water partition coefficient (Wildman–Crippen LogP) is 5.64. The second kappa shape index (κ2) is 10.6. The summed E-state index contributed by atoms with van der Waals surface area (Å²) in [7, 11) is 0. The third kappa shape index (κ3) is 5.81. The summed E-state index contributed by atoms with van der Waals surface area (Å²) < 4.78 is 11.2. The molecule has 1 aromatic carbocycles. The van der Waals surface area contributed by atoms with Gasteiger partial charge in [-0.15, -0.1) is 5.92 Å². The van der Waals surface area contributed by atoms with E-state index >= 15 is 0 Å². The minimum absolute atomic E-state index is 0.117. The average molecular weight is 326 g/mol. The molecule has 0 aliphatic heterocycles. The largest absolute Gasteiger partial charge is 0.494 e. The van der Waals surface area contributed by atoms with Crippen molar-refractivity contribution in [3.63, 3.8) is 0 Å². The minimum atomic E-state index is 0.117. The van der Waals surface area contributed by atoms with Crippen LogP contribution in [0.25, 0.3) is 0 Å². The molecule has 24 heavy (non-hydrogen) atoms. The summed E-state index contributed by atoms with van der Waals surface area (Å²) >= 11 is 0. The maximum absolute atomic E-state index is 5.72. The molecule has 0 radical (unpaired) electrons. The Labute approximate surface area is 147 Å². The average Bonchev–Trinajstić information content (AvgIpc) is 3.41. The van der Waals surface area contributed by atoms with E-state index in [1.807, 2.05) is 65.0 Å². The van der Waals surface area contributed by atoms with Crippen molar-refractivity contribution in [2.24, 2.45) is 0 Å². The summed E-state index contributed by atoms with van der Waals surface area (Å²) in [6.45, 7) is 11.1. The molecule has 0 amide bonds. The molecule has 0 atom stereocenters. The van der Waals surface area contributed by atoms with Crippen molar-refractivity contribution in [1.82, 2.24) is 0 Å². The van der Waals surface area contributed by atoms with Crippen molar-refractivity contribution in [2.45, 2.75) is 52.9 Å². The molecule has 0 N–H and O–H groups in total. The molecule has 2 heteroatoms. The Balaban J connectivity index is 0.00000139. The van der Waals surface area contributed by atoms with Crippen LogP contribution in [0.1, 0.15) is 53.0 Å². The van der Waals surface area contributed by atoms with Crippen LogP contribution in [-0.4, -0.2) is 13.2 Å². The van der Waals surface area contributed by atoms with Gasteiger partial charge in [0.1, 0.15) is 18.1 Å². The first kappa shape index (κ1) is 19.9. The maximum atomic E-state index is 5.72. The minimum Gasteiger partial charge on any atom is -0.494 e. The fourth-order valence-electron chi connectivity index (χ4n) is 2.42. The molecule has 0 spiro atoms. The van der Waals surface area contributed by atoms with Crippen LogP contribution >= 0.6 is 0 Å². The molecule has 0 heterocycles. The zero-order valence-electron chi connectivity index (χ0n) is 15.7. The summed E-state index contributed by atoms with van der Waals surface area (Å²) in [5.74, 6) is 8.13. The highest BCUT2D eigenvalue weighted by Gasteiger charge is 2.42. The van der Waals surface area contributed by atoms with E-state index in [1.165, 1.54) is 18.4 Å². The van der Waals surface area contributed by atoms with Crippen molar-refractivity contribution in [1.29, 1.82) is 0 Å². The quantitative estimate of drug-likeness (QED) is 0.366. The van der Waals surface area contributed by atoms with E-state index in [1.54, 1.807) is 0 Å². The highest BCUT2D eigenvalue weighted by atomic mass is 16.5. The first-order chi connectivity index (χ1) is 11.7. The lowest BCUT2D eigenvalue weighted by Crippen LogP contribution is -2.02. The summed E-state index contributed by atoms with van der Waals surface area (Å²) in [5.41, 5.74) is 1.42. The standard InChI is InChI=1S/C20H24O2.C2H6/c1-4-13-20(14-15-20)17-9-11-19(12-10-17)22-16-7-8-18(5-2)21-6-3;1-2/h5,7-12H,6,14-16H2,1-3H3;1-2H3/b8-7-,18-5+;. The Morgan fingerprint density at radius 2 is 1.88 bits per heavy atom. The molecular weight excluding hydrogens is 296 g/mol. The Bertz CT molecular complexity index is 593. The highest BCUT2D eigenvalue weighted by molar-refractivity contribution is 5.43. The van der Waals surface area contributed by atoms with E-state index in [0.29, 0.717) is 13.2 Å². The Hall–Kier alpha value is -2.14. The number of benzene rings is 1. The molecule has 0 bridgehead atoms. The third-order valence-corrected chi connectivity index (χ3v) is 3.75. The van der Waals surface area contributed by atoms with Gasteiger partial charge in [-0.3, -0.25) is 0 Å². The van der Waals surface area contributed by atoms with Crippen molar-refractivity contribution in [2.75, 3.05) is 13.2 Å². The molecule has 1 aromatic rings. The van der Waals surface area contributed by atoms with Crippen LogP contribution in [0, 0.1) is 11.8 Å². The molecule has 1 fully saturated rings. The van der Waals surface area contributed by atoms with Crippen LogP contribution in [-0.2, 0) is 10.2 Å². The fraction of sp³-hybridized carbons (Fsp3) is 0.455. The van der Waals surface area contributed by atoms with Gasteiger partial charge in [-0.2, -0.15) is 0 Å². The molecule has 130 valence electrons. The van der Waals surface area contributed by atoms with Crippen LogP contribution in [0.15, 0.2) is 48.3 Å². The number of allylic oxidation sites excluding steroid dienone is 2. The number of hydrogen-bond donors (Lipinski definition) is 0. The van der Waals surface area contributed by atoms with Crippen LogP contribution in [0.3, 0.4) is 0 Å². The van der Waals surface area contributed by atoms with Gasteiger partial charge >= 0.3 is 0 Å². The van der Waals surface area contributed by atoms with E-state index in [9.17, 15) is 0 Å². The van der Waals surface area contributed by atoms with Gasteiger partial charge in [-0.25, -0.2) is 0 Å². The molecule has 0 saturated heterocycles. The lowest BCUT2D eigenvalue weighted by molar-refractivity contribution is 0.241. The molecule has 1 aliphatic rings. The van der Waals surface area contributed by atoms with Gasteiger partial charge in [0, 0.05) is 0 Å². The zero-order valence-corrected chi connectivity index (χ0v) is 15.7. The second-order valence-electron chi connectivity index (χ2n) is 5.32. The van der Waals surface area contributed by atoms with Gasteiger partial charge in [0.15, 0.2) is 0 Å². The Kier molecular flexibility index (Phi) is 8.79. The first-order valence-corrected chi connectivity index (χ1v) is 8.87. The van der Waals surface area contributed by atoms with Crippen molar-refractivity contribution in [3.8, 4) is 17.6 Å². The number of ether oxygens (including phenoxy) is 2. The van der Waals surface area contributed by atoms with Gasteiger partial charge in [0.25, 0.3) is 0 Å². The van der Waals surface area contributed by atoms with Gasteiger partial charge in [0.2, 0.25) is 0 Å². The fourth-order valence-corrected chi connectivity index (χ4v) is 2.42. The van der Waals surface area contributed by atoms with Gasteiger partial charge < -0.3 is 9.47 Å². The molecule has 2 rings (SSSR count).